The highest BCUT2D eigenvalue weighted by Gasteiger charge is 2.36. The van der Waals surface area contributed by atoms with Gasteiger partial charge in [-0.3, -0.25) is 9.59 Å². The summed E-state index contributed by atoms with van der Waals surface area (Å²) in [6, 6.07) is 0.598. The highest BCUT2D eigenvalue weighted by atomic mass is 35.5. The largest absolute Gasteiger partial charge is 0.346 e. The van der Waals surface area contributed by atoms with E-state index in [0.29, 0.717) is 12.0 Å². The summed E-state index contributed by atoms with van der Waals surface area (Å²) in [4.78, 5) is 25.2. The molecule has 0 aliphatic heterocycles. The van der Waals surface area contributed by atoms with Crippen LogP contribution in [0.25, 0.3) is 0 Å². The molecule has 1 rings (SSSR count). The molecule has 0 aromatic rings. The Bertz CT molecular complexity index is 308. The minimum absolute atomic E-state index is 0. The van der Waals surface area contributed by atoms with E-state index >= 15 is 0 Å². The molecule has 2 atom stereocenters. The molecule has 2 amide bonds. The van der Waals surface area contributed by atoms with Crippen LogP contribution in [0.4, 0.5) is 0 Å². The van der Waals surface area contributed by atoms with Gasteiger partial charge in [0, 0.05) is 12.1 Å². The van der Waals surface area contributed by atoms with E-state index in [1.54, 1.807) is 0 Å². The van der Waals surface area contributed by atoms with Gasteiger partial charge >= 0.3 is 0 Å². The lowest BCUT2D eigenvalue weighted by Gasteiger charge is -2.33. The van der Waals surface area contributed by atoms with Crippen molar-refractivity contribution in [2.24, 2.45) is 11.7 Å². The fourth-order valence-corrected chi connectivity index (χ4v) is 2.07. The quantitative estimate of drug-likeness (QED) is 0.732. The lowest BCUT2D eigenvalue weighted by Crippen LogP contribution is -2.48. The van der Waals surface area contributed by atoms with Gasteiger partial charge in [0.2, 0.25) is 11.8 Å². The predicted molar refractivity (Wildman–Crippen MR) is 78.1 cm³/mol. The zero-order chi connectivity index (χ0) is 13.7. The number of halogens is 1. The Morgan fingerprint density at radius 1 is 1.37 bits per heavy atom. The molecule has 112 valence electrons. The number of hydrogen-bond donors (Lipinski definition) is 2. The van der Waals surface area contributed by atoms with Crippen LogP contribution in [0.2, 0.25) is 0 Å². The monoisotopic (exact) mass is 291 g/mol. The van der Waals surface area contributed by atoms with E-state index in [9.17, 15) is 9.59 Å². The van der Waals surface area contributed by atoms with Gasteiger partial charge in [-0.15, -0.1) is 12.4 Å². The standard InChI is InChI=1S/C13H25N3O2.ClH/c1-4-9(2)10(3)16(11-5-6-11)13(18)8-15-12(17)7-14;/h9-11H,4-8,14H2,1-3H3,(H,15,17);1H. The second-order valence-electron chi connectivity index (χ2n) is 5.14. The predicted octanol–water partition coefficient (Wildman–Crippen LogP) is 0.909. The summed E-state index contributed by atoms with van der Waals surface area (Å²) in [5, 5.41) is 2.55. The number of carbonyl (C=O) groups excluding carboxylic acids is 2. The molecule has 5 nitrogen and oxygen atoms in total. The van der Waals surface area contributed by atoms with Crippen molar-refractivity contribution in [1.82, 2.24) is 10.2 Å². The average Bonchev–Trinajstić information content (AvgIpc) is 3.19. The van der Waals surface area contributed by atoms with Gasteiger partial charge in [-0.1, -0.05) is 20.3 Å². The van der Waals surface area contributed by atoms with Gasteiger partial charge in [-0.25, -0.2) is 0 Å². The molecular weight excluding hydrogens is 266 g/mol. The molecular formula is C13H26ClN3O2. The van der Waals surface area contributed by atoms with Crippen molar-refractivity contribution in [3.63, 3.8) is 0 Å². The first kappa shape index (κ1) is 18.2. The van der Waals surface area contributed by atoms with Gasteiger partial charge in [0.1, 0.15) is 0 Å². The lowest BCUT2D eigenvalue weighted by molar-refractivity contribution is -0.135. The molecule has 0 radical (unpaired) electrons. The van der Waals surface area contributed by atoms with Gasteiger partial charge in [-0.05, 0) is 25.7 Å². The third-order valence-electron chi connectivity index (χ3n) is 3.76. The second kappa shape index (κ2) is 8.38. The second-order valence-corrected chi connectivity index (χ2v) is 5.14. The first-order chi connectivity index (χ1) is 8.51. The van der Waals surface area contributed by atoms with Crippen LogP contribution >= 0.6 is 12.4 Å². The molecule has 1 aliphatic rings. The average molecular weight is 292 g/mol. The maximum Gasteiger partial charge on any atom is 0.242 e. The molecule has 2 unspecified atom stereocenters. The maximum absolute atomic E-state index is 12.2. The van der Waals surface area contributed by atoms with Crippen LogP contribution in [-0.2, 0) is 9.59 Å². The summed E-state index contributed by atoms with van der Waals surface area (Å²) < 4.78 is 0. The normalized spacial score (nSPS) is 17.1. The van der Waals surface area contributed by atoms with Crippen molar-refractivity contribution in [3.05, 3.63) is 0 Å². The van der Waals surface area contributed by atoms with Gasteiger partial charge in [0.25, 0.3) is 0 Å². The van der Waals surface area contributed by atoms with Gasteiger partial charge in [0.15, 0.2) is 0 Å². The van der Waals surface area contributed by atoms with Gasteiger partial charge in [0.05, 0.1) is 13.1 Å². The molecule has 0 heterocycles. The number of rotatable bonds is 7. The Balaban J connectivity index is 0.00000324. The number of nitrogens with zero attached hydrogens (tertiary/aromatic N) is 1. The Hall–Kier alpha value is -0.810. The first-order valence-electron chi connectivity index (χ1n) is 6.79. The molecule has 0 bridgehead atoms. The van der Waals surface area contributed by atoms with E-state index in [0.717, 1.165) is 19.3 Å². The molecule has 1 saturated carbocycles. The third-order valence-corrected chi connectivity index (χ3v) is 3.76. The molecule has 0 aromatic carbocycles. The molecule has 0 aromatic heterocycles. The summed E-state index contributed by atoms with van der Waals surface area (Å²) in [6.07, 6.45) is 3.21. The maximum atomic E-state index is 12.2. The van der Waals surface area contributed by atoms with Crippen molar-refractivity contribution in [1.29, 1.82) is 0 Å². The molecule has 3 N–H and O–H groups in total. The van der Waals surface area contributed by atoms with Crippen molar-refractivity contribution >= 4 is 24.2 Å². The van der Waals surface area contributed by atoms with Crippen LogP contribution in [0.3, 0.4) is 0 Å². The minimum atomic E-state index is -0.282. The Labute approximate surface area is 121 Å². The number of hydrogen-bond acceptors (Lipinski definition) is 3. The highest BCUT2D eigenvalue weighted by molar-refractivity contribution is 5.86. The zero-order valence-electron chi connectivity index (χ0n) is 12.0. The lowest BCUT2D eigenvalue weighted by atomic mass is 9.99. The summed E-state index contributed by atoms with van der Waals surface area (Å²) >= 11 is 0. The van der Waals surface area contributed by atoms with Gasteiger partial charge < -0.3 is 16.0 Å². The first-order valence-corrected chi connectivity index (χ1v) is 6.79. The van der Waals surface area contributed by atoms with Crippen LogP contribution in [0.5, 0.6) is 0 Å². The summed E-state index contributed by atoms with van der Waals surface area (Å²) in [7, 11) is 0. The number of nitrogens with two attached hydrogens (primary N) is 1. The van der Waals surface area contributed by atoms with E-state index in [2.05, 4.69) is 26.1 Å². The molecule has 1 aliphatic carbocycles. The number of nitrogens with one attached hydrogen (secondary N) is 1. The molecule has 19 heavy (non-hydrogen) atoms. The summed E-state index contributed by atoms with van der Waals surface area (Å²) in [5.74, 6) is 0.196. The van der Waals surface area contributed by atoms with E-state index < -0.39 is 0 Å². The molecule has 0 spiro atoms. The van der Waals surface area contributed by atoms with Crippen LogP contribution in [0, 0.1) is 5.92 Å². The topological polar surface area (TPSA) is 75.4 Å². The van der Waals surface area contributed by atoms with Crippen LogP contribution in [0.1, 0.15) is 40.0 Å². The van der Waals surface area contributed by atoms with E-state index in [-0.39, 0.29) is 43.4 Å². The molecule has 0 saturated heterocycles. The van der Waals surface area contributed by atoms with Gasteiger partial charge in [-0.2, -0.15) is 0 Å². The van der Waals surface area contributed by atoms with E-state index in [4.69, 9.17) is 5.73 Å². The third kappa shape index (κ3) is 5.37. The van der Waals surface area contributed by atoms with Crippen LogP contribution < -0.4 is 11.1 Å². The number of carbonyl (C=O) groups is 2. The fraction of sp³-hybridized carbons (Fsp3) is 0.846. The Morgan fingerprint density at radius 3 is 2.37 bits per heavy atom. The van der Waals surface area contributed by atoms with Crippen molar-refractivity contribution in [3.8, 4) is 0 Å². The SMILES string of the molecule is CCC(C)C(C)N(C(=O)CNC(=O)CN)C1CC1.Cl. The zero-order valence-corrected chi connectivity index (χ0v) is 12.8. The van der Waals surface area contributed by atoms with E-state index in [1.165, 1.54) is 0 Å². The van der Waals surface area contributed by atoms with Crippen molar-refractivity contribution < 1.29 is 9.59 Å². The Morgan fingerprint density at radius 2 is 1.95 bits per heavy atom. The van der Waals surface area contributed by atoms with Crippen molar-refractivity contribution in [2.75, 3.05) is 13.1 Å². The van der Waals surface area contributed by atoms with Crippen LogP contribution in [-0.4, -0.2) is 41.9 Å². The number of amides is 2. The molecule has 6 heteroatoms. The Kier molecular flexibility index (Phi) is 8.02. The minimum Gasteiger partial charge on any atom is -0.346 e. The summed E-state index contributed by atoms with van der Waals surface area (Å²) in [6.45, 7) is 6.37. The highest BCUT2D eigenvalue weighted by Crippen LogP contribution is 2.31. The van der Waals surface area contributed by atoms with E-state index in [1.807, 2.05) is 4.90 Å². The smallest absolute Gasteiger partial charge is 0.242 e. The fourth-order valence-electron chi connectivity index (χ4n) is 2.07. The molecule has 1 fully saturated rings. The summed E-state index contributed by atoms with van der Waals surface area (Å²) in [5.41, 5.74) is 5.20. The van der Waals surface area contributed by atoms with Crippen molar-refractivity contribution in [2.45, 2.75) is 52.1 Å². The van der Waals surface area contributed by atoms with Crippen LogP contribution in [0.15, 0.2) is 0 Å².